The number of aliphatic carboxylic acids is 1. The van der Waals surface area contributed by atoms with Crippen LogP contribution >= 0.6 is 0 Å². The fourth-order valence-corrected chi connectivity index (χ4v) is 5.40. The van der Waals surface area contributed by atoms with Crippen LogP contribution in [0.3, 0.4) is 0 Å². The first-order valence-corrected chi connectivity index (χ1v) is 11.4. The Labute approximate surface area is 202 Å². The number of amides is 2. The Morgan fingerprint density at radius 3 is 2.34 bits per heavy atom. The molecular formula is C26H28N2O7. The molecular weight excluding hydrogens is 452 g/mol. The molecule has 2 amide bonds. The molecule has 0 spiro atoms. The molecule has 2 aromatic carbocycles. The zero-order valence-corrected chi connectivity index (χ0v) is 19.9. The summed E-state index contributed by atoms with van der Waals surface area (Å²) < 4.78 is 5.21. The van der Waals surface area contributed by atoms with Crippen molar-refractivity contribution in [1.29, 1.82) is 0 Å². The number of hydrogen-bond donors (Lipinski definition) is 3. The van der Waals surface area contributed by atoms with Gasteiger partial charge in [-0.15, -0.1) is 0 Å². The van der Waals surface area contributed by atoms with Crippen molar-refractivity contribution in [3.63, 3.8) is 0 Å². The molecule has 0 saturated carbocycles. The summed E-state index contributed by atoms with van der Waals surface area (Å²) in [7, 11) is 1.39. The Morgan fingerprint density at radius 1 is 1.14 bits per heavy atom. The standard InChI is InChI=1S/C26H28N2O7/c1-5-13(2)26(25(33)34)21-20(22(27-26)16-8-11-18(30)19(12-16)35-4)23(31)28(24(21)32)17-9-6-15(7-10-17)14(3)29/h6-13,20-22,27,30H,5H2,1-4H3,(H,33,34). The van der Waals surface area contributed by atoms with Crippen molar-refractivity contribution in [2.45, 2.75) is 38.8 Å². The smallest absolute Gasteiger partial charge is 0.325 e. The number of imide groups is 1. The highest BCUT2D eigenvalue weighted by atomic mass is 16.5. The van der Waals surface area contributed by atoms with Crippen LogP contribution in [0.4, 0.5) is 5.69 Å². The number of rotatable bonds is 7. The van der Waals surface area contributed by atoms with Crippen LogP contribution in [-0.4, -0.2) is 46.4 Å². The van der Waals surface area contributed by atoms with Gasteiger partial charge in [-0.25, -0.2) is 4.90 Å². The lowest BCUT2D eigenvalue weighted by Crippen LogP contribution is -2.59. The number of carbonyl (C=O) groups excluding carboxylic acids is 3. The molecule has 2 fully saturated rings. The van der Waals surface area contributed by atoms with Gasteiger partial charge in [0.25, 0.3) is 0 Å². The van der Waals surface area contributed by atoms with E-state index < -0.39 is 47.1 Å². The first-order valence-electron chi connectivity index (χ1n) is 11.4. The monoisotopic (exact) mass is 480 g/mol. The number of carboxylic acids is 1. The van der Waals surface area contributed by atoms with Gasteiger partial charge in [0.2, 0.25) is 11.8 Å². The first-order chi connectivity index (χ1) is 16.6. The summed E-state index contributed by atoms with van der Waals surface area (Å²) in [6, 6.07) is 9.84. The van der Waals surface area contributed by atoms with Gasteiger partial charge < -0.3 is 14.9 Å². The lowest BCUT2D eigenvalue weighted by atomic mass is 9.72. The normalized spacial score (nSPS) is 26.5. The molecule has 5 unspecified atom stereocenters. The third-order valence-electron chi connectivity index (χ3n) is 7.43. The number of hydrogen-bond acceptors (Lipinski definition) is 7. The molecule has 2 saturated heterocycles. The Morgan fingerprint density at radius 2 is 1.80 bits per heavy atom. The van der Waals surface area contributed by atoms with E-state index in [1.165, 1.54) is 44.4 Å². The number of ketones is 1. The van der Waals surface area contributed by atoms with Crippen LogP contribution < -0.4 is 15.0 Å². The Hall–Kier alpha value is -3.72. The second kappa shape index (κ2) is 8.81. The van der Waals surface area contributed by atoms with Gasteiger partial charge in [0.15, 0.2) is 17.3 Å². The summed E-state index contributed by atoms with van der Waals surface area (Å²) in [6.07, 6.45) is 0.461. The van der Waals surface area contributed by atoms with Crippen LogP contribution in [0.2, 0.25) is 0 Å². The van der Waals surface area contributed by atoms with E-state index in [4.69, 9.17) is 4.74 Å². The number of anilines is 1. The zero-order valence-electron chi connectivity index (χ0n) is 19.9. The van der Waals surface area contributed by atoms with E-state index in [9.17, 15) is 29.4 Å². The highest BCUT2D eigenvalue weighted by Crippen LogP contribution is 2.53. The van der Waals surface area contributed by atoms with Gasteiger partial charge in [-0.1, -0.05) is 26.3 Å². The van der Waals surface area contributed by atoms with Crippen molar-refractivity contribution < 1.29 is 34.1 Å². The SMILES string of the molecule is CCC(C)C1(C(=O)O)NC(c2ccc(O)c(OC)c2)C2C(=O)N(c3ccc(C(C)=O)cc3)C(=O)C21. The first kappa shape index (κ1) is 24.4. The number of fused-ring (bicyclic) bond motifs is 1. The number of Topliss-reactive ketones (excluding diaryl/α,β-unsaturated/α-hetero) is 1. The maximum absolute atomic E-state index is 13.8. The maximum atomic E-state index is 13.8. The quantitative estimate of drug-likeness (QED) is 0.407. The van der Waals surface area contributed by atoms with Gasteiger partial charge in [-0.2, -0.15) is 0 Å². The van der Waals surface area contributed by atoms with Gasteiger partial charge in [-0.3, -0.25) is 24.5 Å². The van der Waals surface area contributed by atoms with Crippen LogP contribution in [0.1, 0.15) is 49.2 Å². The third kappa shape index (κ3) is 3.58. The Bertz CT molecular complexity index is 1210. The number of phenolic OH excluding ortho intramolecular Hbond substituents is 1. The lowest BCUT2D eigenvalue weighted by Gasteiger charge is -2.36. The van der Waals surface area contributed by atoms with E-state index >= 15 is 0 Å². The van der Waals surface area contributed by atoms with Crippen LogP contribution in [0, 0.1) is 17.8 Å². The number of phenols is 1. The van der Waals surface area contributed by atoms with Crippen molar-refractivity contribution in [1.82, 2.24) is 5.32 Å². The molecule has 35 heavy (non-hydrogen) atoms. The number of ether oxygens (including phenoxy) is 1. The Kier molecular flexibility index (Phi) is 6.14. The molecule has 2 heterocycles. The summed E-state index contributed by atoms with van der Waals surface area (Å²) in [6.45, 7) is 5.00. The highest BCUT2D eigenvalue weighted by Gasteiger charge is 2.70. The van der Waals surface area contributed by atoms with E-state index in [1.54, 1.807) is 19.1 Å². The topological polar surface area (TPSA) is 133 Å². The highest BCUT2D eigenvalue weighted by molar-refractivity contribution is 6.24. The number of aromatic hydroxyl groups is 1. The number of carboxylic acid groups (broad SMARTS) is 1. The van der Waals surface area contributed by atoms with Crippen LogP contribution in [-0.2, 0) is 14.4 Å². The van der Waals surface area contributed by atoms with Crippen molar-refractivity contribution in [3.8, 4) is 11.5 Å². The van der Waals surface area contributed by atoms with E-state index in [0.29, 0.717) is 17.5 Å². The minimum Gasteiger partial charge on any atom is -0.504 e. The predicted octanol–water partition coefficient (Wildman–Crippen LogP) is 2.92. The molecule has 0 bridgehead atoms. The van der Waals surface area contributed by atoms with Crippen molar-refractivity contribution >= 4 is 29.3 Å². The number of carbonyl (C=O) groups is 4. The molecule has 0 aromatic heterocycles. The van der Waals surface area contributed by atoms with E-state index in [2.05, 4.69) is 5.32 Å². The summed E-state index contributed by atoms with van der Waals surface area (Å²) in [4.78, 5) is 53.0. The van der Waals surface area contributed by atoms with Crippen molar-refractivity contribution in [3.05, 3.63) is 53.6 Å². The largest absolute Gasteiger partial charge is 0.504 e. The fraction of sp³-hybridized carbons (Fsp3) is 0.385. The number of methoxy groups -OCH3 is 1. The minimum absolute atomic E-state index is 0.0989. The summed E-state index contributed by atoms with van der Waals surface area (Å²) in [5, 5.41) is 23.6. The second-order valence-electron chi connectivity index (χ2n) is 9.16. The Balaban J connectivity index is 1.87. The fourth-order valence-electron chi connectivity index (χ4n) is 5.40. The summed E-state index contributed by atoms with van der Waals surface area (Å²) in [5.74, 6) is -5.03. The second-order valence-corrected chi connectivity index (χ2v) is 9.16. The van der Waals surface area contributed by atoms with Gasteiger partial charge in [0.05, 0.1) is 24.6 Å². The summed E-state index contributed by atoms with van der Waals surface area (Å²) in [5.41, 5.74) is -0.445. The predicted molar refractivity (Wildman–Crippen MR) is 126 cm³/mol. The van der Waals surface area contributed by atoms with Gasteiger partial charge in [0.1, 0.15) is 5.54 Å². The number of nitrogens with one attached hydrogen (secondary N) is 1. The average molecular weight is 481 g/mol. The van der Waals surface area contributed by atoms with Gasteiger partial charge in [-0.05, 0) is 54.8 Å². The van der Waals surface area contributed by atoms with E-state index in [0.717, 1.165) is 4.90 Å². The summed E-state index contributed by atoms with van der Waals surface area (Å²) >= 11 is 0. The minimum atomic E-state index is -1.68. The number of benzene rings is 2. The molecule has 9 nitrogen and oxygen atoms in total. The molecule has 9 heteroatoms. The molecule has 4 rings (SSSR count). The molecule has 5 atom stereocenters. The van der Waals surface area contributed by atoms with Crippen molar-refractivity contribution in [2.24, 2.45) is 17.8 Å². The zero-order chi connectivity index (χ0) is 25.7. The van der Waals surface area contributed by atoms with Crippen molar-refractivity contribution in [2.75, 3.05) is 12.0 Å². The number of nitrogens with zero attached hydrogens (tertiary/aromatic N) is 1. The molecule has 0 aliphatic carbocycles. The van der Waals surface area contributed by atoms with E-state index in [-0.39, 0.29) is 23.0 Å². The molecule has 3 N–H and O–H groups in total. The lowest BCUT2D eigenvalue weighted by molar-refractivity contribution is -0.151. The molecule has 2 aliphatic rings. The molecule has 2 aliphatic heterocycles. The third-order valence-corrected chi connectivity index (χ3v) is 7.43. The molecule has 0 radical (unpaired) electrons. The van der Waals surface area contributed by atoms with Crippen LogP contribution in [0.5, 0.6) is 11.5 Å². The molecule has 184 valence electrons. The van der Waals surface area contributed by atoms with Gasteiger partial charge >= 0.3 is 5.97 Å². The molecule has 2 aromatic rings. The average Bonchev–Trinajstić information content (AvgIpc) is 3.33. The van der Waals surface area contributed by atoms with E-state index in [1.807, 2.05) is 6.92 Å². The van der Waals surface area contributed by atoms with Crippen LogP contribution in [0.25, 0.3) is 0 Å². The van der Waals surface area contributed by atoms with Gasteiger partial charge in [0, 0.05) is 11.6 Å². The maximum Gasteiger partial charge on any atom is 0.325 e. The van der Waals surface area contributed by atoms with Crippen LogP contribution in [0.15, 0.2) is 42.5 Å².